The molecule has 0 saturated heterocycles. The van der Waals surface area contributed by atoms with Gasteiger partial charge in [0.1, 0.15) is 5.60 Å². The van der Waals surface area contributed by atoms with Crippen molar-refractivity contribution in [1.82, 2.24) is 19.9 Å². The summed E-state index contributed by atoms with van der Waals surface area (Å²) in [6.07, 6.45) is 0.243. The Balaban J connectivity index is 2.12. The molecular weight excluding hydrogens is 600 g/mol. The number of methoxy groups -OCH3 is 3. The quantitative estimate of drug-likeness (QED) is 0.204. The Morgan fingerprint density at radius 1 is 0.881 bits per heavy atom. The molecule has 224 valence electrons. The molecule has 1 aromatic carbocycles. The standard InChI is InChI=1S/C32H39BrN4O5/c1-19(2)42-29-17-22(16-27(36-29)39-6)30(25-15-21-14-24(33)9-10-26(21)35-31(25)41-8)32(38,11-12-37(4)5)23-13-20(3)34-28(18-23)40-7/h9-10,13-19,30,38H,11-12H2,1-8H3. The van der Waals surface area contributed by atoms with Gasteiger partial charge >= 0.3 is 0 Å². The number of fused-ring (bicyclic) bond motifs is 1. The minimum Gasteiger partial charge on any atom is -0.481 e. The van der Waals surface area contributed by atoms with Gasteiger partial charge in [0, 0.05) is 51.8 Å². The maximum Gasteiger partial charge on any atom is 0.217 e. The van der Waals surface area contributed by atoms with Crippen molar-refractivity contribution in [3.05, 3.63) is 75.4 Å². The van der Waals surface area contributed by atoms with Crippen molar-refractivity contribution in [3.8, 4) is 23.5 Å². The lowest BCUT2D eigenvalue weighted by atomic mass is 9.71. The number of rotatable bonds is 12. The Kier molecular flexibility index (Phi) is 9.91. The third kappa shape index (κ3) is 6.94. The van der Waals surface area contributed by atoms with Gasteiger partial charge in [-0.2, -0.15) is 4.98 Å². The van der Waals surface area contributed by atoms with Crippen LogP contribution in [0.4, 0.5) is 0 Å². The van der Waals surface area contributed by atoms with Crippen LogP contribution in [0.25, 0.3) is 10.9 Å². The fourth-order valence-electron chi connectivity index (χ4n) is 5.14. The molecule has 0 fully saturated rings. The molecule has 1 N–H and O–H groups in total. The summed E-state index contributed by atoms with van der Waals surface area (Å²) >= 11 is 3.59. The monoisotopic (exact) mass is 638 g/mol. The van der Waals surface area contributed by atoms with E-state index in [4.69, 9.17) is 23.9 Å². The SMILES string of the molecule is COc1cc(C(O)(CCN(C)C)C(c2cc(OC)nc(OC(C)C)c2)c2cc3cc(Br)ccc3nc2OC)cc(C)n1. The summed E-state index contributed by atoms with van der Waals surface area (Å²) in [5, 5.41) is 14.0. The first-order valence-electron chi connectivity index (χ1n) is 13.7. The van der Waals surface area contributed by atoms with Crippen molar-refractivity contribution >= 4 is 26.8 Å². The molecule has 10 heteroatoms. The molecule has 2 atom stereocenters. The number of hydrogen-bond acceptors (Lipinski definition) is 9. The highest BCUT2D eigenvalue weighted by Gasteiger charge is 2.43. The Hall–Kier alpha value is -3.47. The first-order valence-corrected chi connectivity index (χ1v) is 14.5. The molecule has 0 aliphatic rings. The Morgan fingerprint density at radius 2 is 1.57 bits per heavy atom. The molecule has 0 bridgehead atoms. The average molecular weight is 640 g/mol. The minimum atomic E-state index is -1.48. The van der Waals surface area contributed by atoms with Gasteiger partial charge < -0.3 is 29.0 Å². The maximum atomic E-state index is 13.1. The van der Waals surface area contributed by atoms with E-state index in [0.717, 1.165) is 26.6 Å². The number of pyridine rings is 3. The van der Waals surface area contributed by atoms with Crippen LogP contribution in [0, 0.1) is 6.92 Å². The first-order chi connectivity index (χ1) is 20.0. The average Bonchev–Trinajstić information content (AvgIpc) is 2.94. The summed E-state index contributed by atoms with van der Waals surface area (Å²) in [6.45, 7) is 6.34. The van der Waals surface area contributed by atoms with E-state index in [9.17, 15) is 5.11 Å². The molecule has 0 radical (unpaired) electrons. The lowest BCUT2D eigenvalue weighted by molar-refractivity contribution is 0.00333. The van der Waals surface area contributed by atoms with Gasteiger partial charge in [-0.15, -0.1) is 0 Å². The van der Waals surface area contributed by atoms with Crippen molar-refractivity contribution in [2.24, 2.45) is 0 Å². The van der Waals surface area contributed by atoms with Crippen LogP contribution in [-0.4, -0.2) is 73.0 Å². The third-order valence-corrected chi connectivity index (χ3v) is 7.52. The van der Waals surface area contributed by atoms with Crippen LogP contribution in [-0.2, 0) is 5.60 Å². The zero-order chi connectivity index (χ0) is 30.6. The van der Waals surface area contributed by atoms with Crippen LogP contribution in [0.15, 0.2) is 53.0 Å². The molecule has 0 saturated carbocycles. The van der Waals surface area contributed by atoms with Gasteiger partial charge in [-0.1, -0.05) is 15.9 Å². The van der Waals surface area contributed by atoms with Gasteiger partial charge in [-0.25, -0.2) is 9.97 Å². The lowest BCUT2D eigenvalue weighted by Gasteiger charge is -2.39. The fourth-order valence-corrected chi connectivity index (χ4v) is 5.52. The number of benzene rings is 1. The van der Waals surface area contributed by atoms with Gasteiger partial charge in [0.2, 0.25) is 23.5 Å². The highest BCUT2D eigenvalue weighted by atomic mass is 79.9. The number of aliphatic hydroxyl groups is 1. The van der Waals surface area contributed by atoms with Crippen molar-refractivity contribution < 1.29 is 24.1 Å². The normalized spacial score (nSPS) is 13.7. The van der Waals surface area contributed by atoms with Crippen LogP contribution < -0.4 is 18.9 Å². The molecule has 9 nitrogen and oxygen atoms in total. The zero-order valence-corrected chi connectivity index (χ0v) is 27.0. The summed E-state index contributed by atoms with van der Waals surface area (Å²) < 4.78 is 24.0. The van der Waals surface area contributed by atoms with Gasteiger partial charge in [0.05, 0.1) is 33.0 Å². The number of aryl methyl sites for hydroxylation is 1. The summed E-state index contributed by atoms with van der Waals surface area (Å²) in [7, 11) is 8.68. The second kappa shape index (κ2) is 13.2. The second-order valence-electron chi connectivity index (χ2n) is 10.8. The van der Waals surface area contributed by atoms with Crippen LogP contribution in [0.3, 0.4) is 0 Å². The second-order valence-corrected chi connectivity index (χ2v) is 11.7. The van der Waals surface area contributed by atoms with E-state index in [2.05, 4.69) is 25.9 Å². The largest absolute Gasteiger partial charge is 0.481 e. The predicted octanol–water partition coefficient (Wildman–Crippen LogP) is 5.88. The molecule has 3 heterocycles. The molecule has 2 unspecified atom stereocenters. The summed E-state index contributed by atoms with van der Waals surface area (Å²) in [4.78, 5) is 15.9. The van der Waals surface area contributed by atoms with Gasteiger partial charge in [-0.05, 0) is 82.7 Å². The van der Waals surface area contributed by atoms with Gasteiger partial charge in [-0.3, -0.25) is 0 Å². The van der Waals surface area contributed by atoms with Crippen molar-refractivity contribution in [2.45, 2.75) is 44.8 Å². The van der Waals surface area contributed by atoms with Gasteiger partial charge in [0.25, 0.3) is 0 Å². The van der Waals surface area contributed by atoms with E-state index in [1.54, 1.807) is 27.4 Å². The van der Waals surface area contributed by atoms with E-state index in [-0.39, 0.29) is 6.10 Å². The van der Waals surface area contributed by atoms with E-state index in [0.29, 0.717) is 47.6 Å². The maximum absolute atomic E-state index is 13.1. The predicted molar refractivity (Wildman–Crippen MR) is 167 cm³/mol. The zero-order valence-electron chi connectivity index (χ0n) is 25.4. The lowest BCUT2D eigenvalue weighted by Crippen LogP contribution is -2.38. The van der Waals surface area contributed by atoms with Crippen LogP contribution >= 0.6 is 15.9 Å². The van der Waals surface area contributed by atoms with Gasteiger partial charge in [0.15, 0.2) is 0 Å². The van der Waals surface area contributed by atoms with E-state index >= 15 is 0 Å². The molecule has 3 aromatic heterocycles. The summed E-state index contributed by atoms with van der Waals surface area (Å²) in [5.74, 6) is 0.871. The van der Waals surface area contributed by atoms with Crippen LogP contribution in [0.2, 0.25) is 0 Å². The number of hydrogen-bond donors (Lipinski definition) is 1. The molecule has 0 spiro atoms. The van der Waals surface area contributed by atoms with E-state index < -0.39 is 11.5 Å². The molecule has 0 aliphatic heterocycles. The molecule has 4 aromatic rings. The fraction of sp³-hybridized carbons (Fsp3) is 0.406. The highest BCUT2D eigenvalue weighted by molar-refractivity contribution is 9.10. The molecule has 4 rings (SSSR count). The molecule has 0 amide bonds. The number of nitrogens with zero attached hydrogens (tertiary/aromatic N) is 4. The Labute approximate surface area is 256 Å². The minimum absolute atomic E-state index is 0.120. The van der Waals surface area contributed by atoms with E-state index in [1.165, 1.54) is 0 Å². The smallest absolute Gasteiger partial charge is 0.217 e. The van der Waals surface area contributed by atoms with Crippen LogP contribution in [0.5, 0.6) is 23.5 Å². The van der Waals surface area contributed by atoms with Crippen molar-refractivity contribution in [3.63, 3.8) is 0 Å². The Bertz CT molecular complexity index is 1550. The third-order valence-electron chi connectivity index (χ3n) is 7.03. The first kappa shape index (κ1) is 31.5. The topological polar surface area (TPSA) is 99.1 Å². The summed E-state index contributed by atoms with van der Waals surface area (Å²) in [5.41, 5.74) is 2.07. The number of ether oxygens (including phenoxy) is 4. The van der Waals surface area contributed by atoms with Crippen LogP contribution in [0.1, 0.15) is 48.6 Å². The Morgan fingerprint density at radius 3 is 2.21 bits per heavy atom. The summed E-state index contributed by atoms with van der Waals surface area (Å²) in [6, 6.07) is 15.3. The van der Waals surface area contributed by atoms with Crippen molar-refractivity contribution in [1.29, 1.82) is 0 Å². The highest BCUT2D eigenvalue weighted by Crippen LogP contribution is 2.49. The van der Waals surface area contributed by atoms with Crippen molar-refractivity contribution in [2.75, 3.05) is 42.0 Å². The molecule has 0 aliphatic carbocycles. The number of aromatic nitrogens is 3. The molecule has 42 heavy (non-hydrogen) atoms. The number of halogens is 1. The van der Waals surface area contributed by atoms with E-state index in [1.807, 2.05) is 82.2 Å². The molecular formula is C32H39BrN4O5.